The minimum Gasteiger partial charge on any atom is -0.332 e. The maximum atomic E-state index is 8.89. The minimum absolute atomic E-state index is 0.154. The van der Waals surface area contributed by atoms with E-state index in [4.69, 9.17) is 5.26 Å². The van der Waals surface area contributed by atoms with E-state index >= 15 is 0 Å². The van der Waals surface area contributed by atoms with Gasteiger partial charge < -0.3 is 4.57 Å². The van der Waals surface area contributed by atoms with Crippen molar-refractivity contribution in [1.29, 1.82) is 5.26 Å². The van der Waals surface area contributed by atoms with Crippen LogP contribution in [0.2, 0.25) is 0 Å². The molecule has 16 heavy (non-hydrogen) atoms. The Balaban J connectivity index is 2.13. The summed E-state index contributed by atoms with van der Waals surface area (Å²) in [6, 6.07) is 8.39. The second-order valence-electron chi connectivity index (χ2n) is 3.95. The van der Waals surface area contributed by atoms with Crippen molar-refractivity contribution < 1.29 is 0 Å². The summed E-state index contributed by atoms with van der Waals surface area (Å²) in [5, 5.41) is 10.1. The fraction of sp³-hybridized carbons (Fsp3) is 0.385. The minimum atomic E-state index is 0.154. The van der Waals surface area contributed by atoms with Gasteiger partial charge in [-0.2, -0.15) is 5.26 Å². The maximum Gasteiger partial charge on any atom is 0.139 e. The van der Waals surface area contributed by atoms with E-state index in [1.807, 2.05) is 12.3 Å². The van der Waals surface area contributed by atoms with Crippen molar-refractivity contribution in [1.82, 2.24) is 9.55 Å². The highest BCUT2D eigenvalue weighted by atomic mass is 15.0. The first kappa shape index (κ1) is 10.7. The standard InChI is InChI=1S/C13H15N3/c1-2-11(10-14)5-8-16-9-6-12-4-3-7-15-13(12)16/h3-4,6-7,9,11H,2,5,8H2,1H3. The molecular weight excluding hydrogens is 198 g/mol. The molecule has 0 amide bonds. The van der Waals surface area contributed by atoms with Crippen molar-refractivity contribution in [2.45, 2.75) is 26.3 Å². The van der Waals surface area contributed by atoms with Crippen LogP contribution < -0.4 is 0 Å². The molecule has 2 heterocycles. The Kier molecular flexibility index (Phi) is 3.21. The highest BCUT2D eigenvalue weighted by molar-refractivity contribution is 5.75. The van der Waals surface area contributed by atoms with Crippen molar-refractivity contribution in [2.75, 3.05) is 0 Å². The first-order chi connectivity index (χ1) is 7.85. The Hall–Kier alpha value is -1.82. The van der Waals surface area contributed by atoms with Crippen LogP contribution in [0.4, 0.5) is 0 Å². The number of aromatic nitrogens is 2. The predicted molar refractivity (Wildman–Crippen MR) is 63.7 cm³/mol. The zero-order valence-electron chi connectivity index (χ0n) is 9.43. The molecule has 0 fully saturated rings. The van der Waals surface area contributed by atoms with Crippen molar-refractivity contribution in [3.8, 4) is 6.07 Å². The SMILES string of the molecule is CCC(C#N)CCn1ccc2cccnc21. The number of nitriles is 1. The summed E-state index contributed by atoms with van der Waals surface area (Å²) in [5.74, 6) is 0.154. The van der Waals surface area contributed by atoms with E-state index < -0.39 is 0 Å². The average molecular weight is 213 g/mol. The van der Waals surface area contributed by atoms with Crippen molar-refractivity contribution in [3.05, 3.63) is 30.6 Å². The second kappa shape index (κ2) is 4.80. The van der Waals surface area contributed by atoms with E-state index in [1.54, 1.807) is 6.20 Å². The van der Waals surface area contributed by atoms with Gasteiger partial charge in [-0.3, -0.25) is 0 Å². The van der Waals surface area contributed by atoms with Crippen molar-refractivity contribution in [3.63, 3.8) is 0 Å². The molecule has 3 heteroatoms. The molecule has 3 nitrogen and oxygen atoms in total. The third-order valence-electron chi connectivity index (χ3n) is 2.92. The number of fused-ring (bicyclic) bond motifs is 1. The molecule has 0 saturated heterocycles. The molecule has 2 aromatic rings. The van der Waals surface area contributed by atoms with Gasteiger partial charge in [0.2, 0.25) is 0 Å². The smallest absolute Gasteiger partial charge is 0.139 e. The van der Waals surface area contributed by atoms with E-state index in [9.17, 15) is 0 Å². The van der Waals surface area contributed by atoms with Crippen LogP contribution in [-0.2, 0) is 6.54 Å². The van der Waals surface area contributed by atoms with Crippen LogP contribution in [0.3, 0.4) is 0 Å². The summed E-state index contributed by atoms with van der Waals surface area (Å²) in [4.78, 5) is 4.35. The highest BCUT2D eigenvalue weighted by Crippen LogP contribution is 2.15. The van der Waals surface area contributed by atoms with Gasteiger partial charge in [0, 0.05) is 30.2 Å². The predicted octanol–water partition coefficient (Wildman–Crippen LogP) is 2.98. The Morgan fingerprint density at radius 3 is 3.12 bits per heavy atom. The molecule has 0 bridgehead atoms. The molecule has 1 unspecified atom stereocenters. The van der Waals surface area contributed by atoms with Crippen LogP contribution in [0.5, 0.6) is 0 Å². The van der Waals surface area contributed by atoms with Crippen LogP contribution in [0.1, 0.15) is 19.8 Å². The van der Waals surface area contributed by atoms with Gasteiger partial charge in [0.1, 0.15) is 5.65 Å². The molecule has 82 valence electrons. The monoisotopic (exact) mass is 213 g/mol. The first-order valence-electron chi connectivity index (χ1n) is 5.64. The van der Waals surface area contributed by atoms with Gasteiger partial charge >= 0.3 is 0 Å². The molecule has 0 spiro atoms. The molecular formula is C13H15N3. The summed E-state index contributed by atoms with van der Waals surface area (Å²) in [5.41, 5.74) is 1.01. The lowest BCUT2D eigenvalue weighted by atomic mass is 10.1. The van der Waals surface area contributed by atoms with Gasteiger partial charge in [-0.25, -0.2) is 4.98 Å². The first-order valence-corrected chi connectivity index (χ1v) is 5.64. The Morgan fingerprint density at radius 2 is 2.38 bits per heavy atom. The van der Waals surface area contributed by atoms with E-state index in [0.717, 1.165) is 30.4 Å². The molecule has 2 rings (SSSR count). The molecule has 0 aliphatic heterocycles. The van der Waals surface area contributed by atoms with Gasteiger partial charge in [-0.05, 0) is 31.0 Å². The average Bonchev–Trinajstić information content (AvgIpc) is 2.74. The summed E-state index contributed by atoms with van der Waals surface area (Å²) >= 11 is 0. The topological polar surface area (TPSA) is 41.6 Å². The van der Waals surface area contributed by atoms with Crippen LogP contribution in [0.25, 0.3) is 11.0 Å². The second-order valence-corrected chi connectivity index (χ2v) is 3.95. The van der Waals surface area contributed by atoms with E-state index in [-0.39, 0.29) is 5.92 Å². The Morgan fingerprint density at radius 1 is 1.50 bits per heavy atom. The van der Waals surface area contributed by atoms with Crippen LogP contribution >= 0.6 is 0 Å². The lowest BCUT2D eigenvalue weighted by Gasteiger charge is -2.07. The molecule has 0 aromatic carbocycles. The van der Waals surface area contributed by atoms with Gasteiger partial charge in [0.25, 0.3) is 0 Å². The molecule has 0 aliphatic rings. The fourth-order valence-electron chi connectivity index (χ4n) is 1.86. The maximum absolute atomic E-state index is 8.89. The van der Waals surface area contributed by atoms with Gasteiger partial charge in [-0.15, -0.1) is 0 Å². The zero-order valence-corrected chi connectivity index (χ0v) is 9.43. The van der Waals surface area contributed by atoms with Crippen LogP contribution in [0, 0.1) is 17.2 Å². The molecule has 1 atom stereocenters. The van der Waals surface area contributed by atoms with Crippen LogP contribution in [0.15, 0.2) is 30.6 Å². The van der Waals surface area contributed by atoms with E-state index in [1.165, 1.54) is 0 Å². The number of nitrogens with zero attached hydrogens (tertiary/aromatic N) is 3. The van der Waals surface area contributed by atoms with Crippen molar-refractivity contribution >= 4 is 11.0 Å². The summed E-state index contributed by atoms with van der Waals surface area (Å²) in [6.45, 7) is 2.92. The third kappa shape index (κ3) is 2.06. The zero-order chi connectivity index (χ0) is 11.4. The highest BCUT2D eigenvalue weighted by Gasteiger charge is 2.06. The number of hydrogen-bond acceptors (Lipinski definition) is 2. The van der Waals surface area contributed by atoms with Crippen molar-refractivity contribution in [2.24, 2.45) is 5.92 Å². The molecule has 2 aromatic heterocycles. The fourth-order valence-corrected chi connectivity index (χ4v) is 1.86. The van der Waals surface area contributed by atoms with Crippen LogP contribution in [-0.4, -0.2) is 9.55 Å². The van der Waals surface area contributed by atoms with E-state index in [2.05, 4.69) is 34.7 Å². The Labute approximate surface area is 95.3 Å². The molecule has 0 saturated carbocycles. The Bertz CT molecular complexity index is 507. The number of hydrogen-bond donors (Lipinski definition) is 0. The molecule has 0 radical (unpaired) electrons. The molecule has 0 N–H and O–H groups in total. The summed E-state index contributed by atoms with van der Waals surface area (Å²) < 4.78 is 2.12. The number of aryl methyl sites for hydroxylation is 1. The third-order valence-corrected chi connectivity index (χ3v) is 2.92. The normalized spacial score (nSPS) is 12.5. The number of rotatable bonds is 4. The summed E-state index contributed by atoms with van der Waals surface area (Å²) in [7, 11) is 0. The quantitative estimate of drug-likeness (QED) is 0.783. The largest absolute Gasteiger partial charge is 0.332 e. The van der Waals surface area contributed by atoms with Gasteiger partial charge in [0.05, 0.1) is 6.07 Å². The lowest BCUT2D eigenvalue weighted by molar-refractivity contribution is 0.525. The van der Waals surface area contributed by atoms with Gasteiger partial charge in [0.15, 0.2) is 0 Å². The summed E-state index contributed by atoms with van der Waals surface area (Å²) in [6.07, 6.45) is 5.67. The van der Waals surface area contributed by atoms with Gasteiger partial charge in [-0.1, -0.05) is 6.92 Å². The number of pyridine rings is 1. The molecule has 0 aliphatic carbocycles. The van der Waals surface area contributed by atoms with E-state index in [0.29, 0.717) is 0 Å². The lowest BCUT2D eigenvalue weighted by Crippen LogP contribution is -2.03.